The Kier molecular flexibility index (Phi) is 3.82. The molecule has 0 radical (unpaired) electrons. The number of fused-ring (bicyclic) bond motifs is 1. The summed E-state index contributed by atoms with van der Waals surface area (Å²) < 4.78 is 11.1. The molecule has 22 heavy (non-hydrogen) atoms. The first-order valence-electron chi connectivity index (χ1n) is 7.05. The van der Waals surface area contributed by atoms with Gasteiger partial charge in [-0.25, -0.2) is 9.98 Å². The molecule has 0 amide bonds. The van der Waals surface area contributed by atoms with Crippen molar-refractivity contribution in [2.45, 2.75) is 13.8 Å². The molecule has 0 bridgehead atoms. The second-order valence-corrected chi connectivity index (χ2v) is 4.98. The number of hydrogen-bond donors (Lipinski definition) is 1. The molecule has 114 valence electrons. The van der Waals surface area contributed by atoms with Crippen molar-refractivity contribution in [3.63, 3.8) is 0 Å². The number of ether oxygens (including phenoxy) is 2. The molecule has 2 aliphatic rings. The lowest BCUT2D eigenvalue weighted by Crippen LogP contribution is -2.30. The molecule has 0 fully saturated rings. The number of rotatable bonds is 4. The summed E-state index contributed by atoms with van der Waals surface area (Å²) in [5, 5.41) is 9.60. The summed E-state index contributed by atoms with van der Waals surface area (Å²) >= 11 is 0. The molecule has 6 nitrogen and oxygen atoms in total. The van der Waals surface area contributed by atoms with Crippen LogP contribution in [0.3, 0.4) is 0 Å². The predicted octanol–water partition coefficient (Wildman–Crippen LogP) is 2.59. The normalized spacial score (nSPS) is 16.5. The van der Waals surface area contributed by atoms with Crippen molar-refractivity contribution in [2.75, 3.05) is 13.2 Å². The van der Waals surface area contributed by atoms with E-state index in [1.54, 1.807) is 6.07 Å². The average molecular weight is 299 g/mol. The predicted molar refractivity (Wildman–Crippen MR) is 82.8 cm³/mol. The third-order valence-electron chi connectivity index (χ3n) is 3.15. The molecular formula is C16H17N3O3. The van der Waals surface area contributed by atoms with E-state index in [0.29, 0.717) is 23.9 Å². The standard InChI is InChI=1S/C16H17N3O3/c1-3-21-14-6-13(8-18-16(14)20)22-12-4-5-15-17-7-11(2)9-19(15)10-12/h4-8,10H,3,9H2,1-2H3,(H,18,20). The van der Waals surface area contributed by atoms with Crippen molar-refractivity contribution in [2.24, 2.45) is 4.99 Å². The fraction of sp³-hybridized carbons (Fsp3) is 0.250. The maximum Gasteiger partial charge on any atom is 0.254 e. The number of hydrogen-bond acceptors (Lipinski definition) is 6. The zero-order valence-electron chi connectivity index (χ0n) is 12.5. The molecule has 1 aromatic heterocycles. The first-order chi connectivity index (χ1) is 10.7. The molecule has 6 heteroatoms. The number of aromatic hydroxyl groups is 1. The van der Waals surface area contributed by atoms with E-state index in [4.69, 9.17) is 9.47 Å². The highest BCUT2D eigenvalue weighted by molar-refractivity contribution is 5.96. The second-order valence-electron chi connectivity index (χ2n) is 4.98. The van der Waals surface area contributed by atoms with Gasteiger partial charge in [-0.1, -0.05) is 0 Å². The van der Waals surface area contributed by atoms with Gasteiger partial charge in [0.25, 0.3) is 5.88 Å². The van der Waals surface area contributed by atoms with E-state index in [0.717, 1.165) is 12.4 Å². The van der Waals surface area contributed by atoms with Gasteiger partial charge in [-0.3, -0.25) is 0 Å². The molecule has 0 unspecified atom stereocenters. The molecule has 0 aromatic carbocycles. The van der Waals surface area contributed by atoms with Gasteiger partial charge < -0.3 is 19.5 Å². The largest absolute Gasteiger partial charge is 0.491 e. The topological polar surface area (TPSA) is 67.2 Å². The van der Waals surface area contributed by atoms with Crippen LogP contribution < -0.4 is 9.47 Å². The average Bonchev–Trinajstić information content (AvgIpc) is 2.50. The second kappa shape index (κ2) is 5.93. The first kappa shape index (κ1) is 14.2. The maximum atomic E-state index is 9.60. The van der Waals surface area contributed by atoms with Gasteiger partial charge in [-0.05, 0) is 31.6 Å². The van der Waals surface area contributed by atoms with Gasteiger partial charge in [0.1, 0.15) is 17.3 Å². The smallest absolute Gasteiger partial charge is 0.254 e. The van der Waals surface area contributed by atoms with Gasteiger partial charge in [0.15, 0.2) is 5.75 Å². The Morgan fingerprint density at radius 3 is 3.05 bits per heavy atom. The van der Waals surface area contributed by atoms with Gasteiger partial charge in [-0.2, -0.15) is 0 Å². The summed E-state index contributed by atoms with van der Waals surface area (Å²) in [7, 11) is 0. The molecule has 3 heterocycles. The van der Waals surface area contributed by atoms with Crippen LogP contribution in [-0.2, 0) is 0 Å². The lowest BCUT2D eigenvalue weighted by Gasteiger charge is -2.27. The highest BCUT2D eigenvalue weighted by atomic mass is 16.5. The van der Waals surface area contributed by atoms with Crippen LogP contribution in [0.5, 0.6) is 17.4 Å². The van der Waals surface area contributed by atoms with E-state index in [1.165, 1.54) is 11.8 Å². The molecule has 0 spiro atoms. The zero-order valence-corrected chi connectivity index (χ0v) is 12.5. The summed E-state index contributed by atoms with van der Waals surface area (Å²) in [5.74, 6) is 2.22. The highest BCUT2D eigenvalue weighted by Gasteiger charge is 2.16. The van der Waals surface area contributed by atoms with E-state index < -0.39 is 0 Å². The number of allylic oxidation sites excluding steroid dienone is 1. The quantitative estimate of drug-likeness (QED) is 0.925. The summed E-state index contributed by atoms with van der Waals surface area (Å²) in [6.45, 7) is 5.10. The number of aromatic nitrogens is 1. The van der Waals surface area contributed by atoms with Crippen LogP contribution in [0.1, 0.15) is 13.8 Å². The Labute approximate surface area is 128 Å². The summed E-state index contributed by atoms with van der Waals surface area (Å²) in [6, 6.07) is 1.62. The SMILES string of the molecule is CCOc1cc(OC2=CN3CC(C)=CN=C3C=C2)cnc1O. The summed E-state index contributed by atoms with van der Waals surface area (Å²) in [5.41, 5.74) is 1.18. The van der Waals surface area contributed by atoms with E-state index in [2.05, 4.69) is 9.98 Å². The van der Waals surface area contributed by atoms with Crippen molar-refractivity contribution >= 4 is 5.84 Å². The van der Waals surface area contributed by atoms with Crippen molar-refractivity contribution in [1.29, 1.82) is 0 Å². The fourth-order valence-electron chi connectivity index (χ4n) is 2.18. The monoisotopic (exact) mass is 299 g/mol. The van der Waals surface area contributed by atoms with Crippen molar-refractivity contribution in [3.8, 4) is 17.4 Å². The lowest BCUT2D eigenvalue weighted by molar-refractivity contribution is 0.308. The van der Waals surface area contributed by atoms with E-state index in [1.807, 2.05) is 43.3 Å². The zero-order chi connectivity index (χ0) is 15.5. The minimum atomic E-state index is -0.145. The van der Waals surface area contributed by atoms with Gasteiger partial charge in [0.2, 0.25) is 0 Å². The minimum absolute atomic E-state index is 0.145. The van der Waals surface area contributed by atoms with Crippen LogP contribution in [0, 0.1) is 0 Å². The first-order valence-corrected chi connectivity index (χ1v) is 7.05. The number of amidine groups is 1. The Balaban J connectivity index is 1.77. The number of aliphatic imine (C=N–C) groups is 1. The van der Waals surface area contributed by atoms with Gasteiger partial charge in [0, 0.05) is 25.0 Å². The van der Waals surface area contributed by atoms with Crippen molar-refractivity contribution < 1.29 is 14.6 Å². The number of pyridine rings is 1. The highest BCUT2D eigenvalue weighted by Crippen LogP contribution is 2.29. The van der Waals surface area contributed by atoms with E-state index >= 15 is 0 Å². The molecule has 0 atom stereocenters. The summed E-state index contributed by atoms with van der Waals surface area (Å²) in [4.78, 5) is 10.2. The van der Waals surface area contributed by atoms with Crippen LogP contribution in [-0.4, -0.2) is 34.0 Å². The van der Waals surface area contributed by atoms with Crippen molar-refractivity contribution in [1.82, 2.24) is 9.88 Å². The fourth-order valence-corrected chi connectivity index (χ4v) is 2.18. The minimum Gasteiger partial charge on any atom is -0.491 e. The molecule has 3 rings (SSSR count). The van der Waals surface area contributed by atoms with E-state index in [-0.39, 0.29) is 5.88 Å². The molecule has 1 aromatic rings. The molecule has 1 N–H and O–H groups in total. The van der Waals surface area contributed by atoms with Crippen LogP contribution in [0.2, 0.25) is 0 Å². The Morgan fingerprint density at radius 1 is 1.36 bits per heavy atom. The lowest BCUT2D eigenvalue weighted by atomic mass is 10.2. The molecule has 2 aliphatic heterocycles. The van der Waals surface area contributed by atoms with Crippen LogP contribution in [0.4, 0.5) is 0 Å². The van der Waals surface area contributed by atoms with Gasteiger partial charge in [-0.15, -0.1) is 0 Å². The van der Waals surface area contributed by atoms with Crippen molar-refractivity contribution in [3.05, 3.63) is 48.1 Å². The molecule has 0 saturated carbocycles. The van der Waals surface area contributed by atoms with Gasteiger partial charge in [0.05, 0.1) is 12.8 Å². The Hall–Kier alpha value is -2.76. The maximum absolute atomic E-state index is 9.60. The Morgan fingerprint density at radius 2 is 2.23 bits per heavy atom. The Bertz CT molecular complexity index is 705. The third kappa shape index (κ3) is 2.95. The van der Waals surface area contributed by atoms with Crippen LogP contribution in [0.25, 0.3) is 0 Å². The van der Waals surface area contributed by atoms with Gasteiger partial charge >= 0.3 is 0 Å². The molecular weight excluding hydrogens is 282 g/mol. The third-order valence-corrected chi connectivity index (χ3v) is 3.15. The molecule has 0 aliphatic carbocycles. The van der Waals surface area contributed by atoms with E-state index in [9.17, 15) is 5.11 Å². The molecule has 0 saturated heterocycles. The summed E-state index contributed by atoms with van der Waals surface area (Å²) in [6.07, 6.45) is 8.96. The van der Waals surface area contributed by atoms with Crippen LogP contribution in [0.15, 0.2) is 53.1 Å². The van der Waals surface area contributed by atoms with Crippen LogP contribution >= 0.6 is 0 Å². The number of nitrogens with zero attached hydrogens (tertiary/aromatic N) is 3.